The molecule has 188 valence electrons. The predicted octanol–water partition coefficient (Wildman–Crippen LogP) is -3.63. The number of nitrogens with two attached hydrogens (primary N) is 3. The van der Waals surface area contributed by atoms with Gasteiger partial charge in [0.05, 0.1) is 12.4 Å². The van der Waals surface area contributed by atoms with Crippen LogP contribution in [0.15, 0.2) is 12.5 Å². The number of carboxylic acid groups (broad SMARTS) is 1. The molecule has 15 nitrogen and oxygen atoms in total. The Hall–Kier alpha value is -4.01. The standard InChI is InChI=1S/C19H30N8O7/c20-11(1-3-14(21)28)17(31)27-12(2-4-15(22)29)18(32)24-6-5-16(30)26-13(19(33)34)7-10-8-23-9-25-10/h8-9,11-13H,1-7,20H2,(H2,21,28)(H2,22,29)(H,23,25)(H,24,32)(H,26,30)(H,27,31)(H,33,34). The number of nitrogens with one attached hydrogen (secondary N) is 4. The van der Waals surface area contributed by atoms with Gasteiger partial charge in [-0.3, -0.25) is 24.0 Å². The lowest BCUT2D eigenvalue weighted by Crippen LogP contribution is -2.52. The molecule has 1 aromatic rings. The normalized spacial score (nSPS) is 13.2. The Labute approximate surface area is 194 Å². The van der Waals surface area contributed by atoms with Gasteiger partial charge in [0.15, 0.2) is 0 Å². The summed E-state index contributed by atoms with van der Waals surface area (Å²) in [6, 6.07) is -3.48. The van der Waals surface area contributed by atoms with E-state index in [4.69, 9.17) is 17.2 Å². The van der Waals surface area contributed by atoms with Gasteiger partial charge in [0.25, 0.3) is 0 Å². The number of hydrogen-bond acceptors (Lipinski definition) is 8. The highest BCUT2D eigenvalue weighted by Crippen LogP contribution is 2.02. The highest BCUT2D eigenvalue weighted by Gasteiger charge is 2.25. The number of amides is 5. The summed E-state index contributed by atoms with van der Waals surface area (Å²) < 4.78 is 0. The van der Waals surface area contributed by atoms with Crippen LogP contribution in [-0.4, -0.2) is 75.2 Å². The van der Waals surface area contributed by atoms with Crippen molar-refractivity contribution in [2.45, 2.75) is 56.7 Å². The first-order valence-electron chi connectivity index (χ1n) is 10.4. The first kappa shape index (κ1) is 28.0. The average Bonchev–Trinajstić information content (AvgIpc) is 3.27. The molecular formula is C19H30N8O7. The van der Waals surface area contributed by atoms with Crippen LogP contribution in [-0.2, 0) is 35.2 Å². The van der Waals surface area contributed by atoms with Gasteiger partial charge >= 0.3 is 5.97 Å². The van der Waals surface area contributed by atoms with Gasteiger partial charge in [-0.25, -0.2) is 9.78 Å². The molecule has 5 amide bonds. The van der Waals surface area contributed by atoms with E-state index in [1.807, 2.05) is 0 Å². The number of hydrogen-bond donors (Lipinski definition) is 8. The van der Waals surface area contributed by atoms with Crippen LogP contribution >= 0.6 is 0 Å². The molecule has 0 aliphatic rings. The highest BCUT2D eigenvalue weighted by atomic mass is 16.4. The van der Waals surface area contributed by atoms with E-state index in [0.717, 1.165) is 0 Å². The fourth-order valence-corrected chi connectivity index (χ4v) is 2.77. The Kier molecular flexibility index (Phi) is 11.7. The Morgan fingerprint density at radius 1 is 0.941 bits per heavy atom. The zero-order chi connectivity index (χ0) is 25.7. The lowest BCUT2D eigenvalue weighted by Gasteiger charge is -2.20. The van der Waals surface area contributed by atoms with E-state index in [9.17, 15) is 33.9 Å². The number of imidazole rings is 1. The van der Waals surface area contributed by atoms with Crippen LogP contribution in [0.1, 0.15) is 37.8 Å². The zero-order valence-electron chi connectivity index (χ0n) is 18.4. The van der Waals surface area contributed by atoms with Crippen molar-refractivity contribution in [3.63, 3.8) is 0 Å². The molecule has 1 aromatic heterocycles. The Bertz CT molecular complexity index is 874. The van der Waals surface area contributed by atoms with E-state index in [2.05, 4.69) is 25.9 Å². The number of rotatable bonds is 16. The number of nitrogens with zero attached hydrogens (tertiary/aromatic N) is 1. The molecule has 11 N–H and O–H groups in total. The van der Waals surface area contributed by atoms with Crippen LogP contribution in [0, 0.1) is 0 Å². The summed E-state index contributed by atoms with van der Waals surface area (Å²) in [6.45, 7) is -0.169. The lowest BCUT2D eigenvalue weighted by atomic mass is 10.1. The molecular weight excluding hydrogens is 452 g/mol. The third kappa shape index (κ3) is 11.0. The minimum atomic E-state index is -1.24. The minimum absolute atomic E-state index is 0.00926. The molecule has 34 heavy (non-hydrogen) atoms. The summed E-state index contributed by atoms with van der Waals surface area (Å²) in [4.78, 5) is 76.6. The first-order chi connectivity index (χ1) is 16.0. The number of H-pyrrole nitrogens is 1. The van der Waals surface area contributed by atoms with E-state index < -0.39 is 53.6 Å². The van der Waals surface area contributed by atoms with Crippen molar-refractivity contribution in [1.29, 1.82) is 0 Å². The van der Waals surface area contributed by atoms with Gasteiger partial charge < -0.3 is 43.2 Å². The van der Waals surface area contributed by atoms with Gasteiger partial charge in [-0.1, -0.05) is 0 Å². The molecule has 3 atom stereocenters. The van der Waals surface area contributed by atoms with Gasteiger partial charge in [-0.15, -0.1) is 0 Å². The van der Waals surface area contributed by atoms with E-state index in [0.29, 0.717) is 5.69 Å². The van der Waals surface area contributed by atoms with E-state index in [-0.39, 0.29) is 45.1 Å². The Balaban J connectivity index is 2.58. The first-order valence-corrected chi connectivity index (χ1v) is 10.4. The molecule has 15 heteroatoms. The molecule has 3 unspecified atom stereocenters. The average molecular weight is 482 g/mol. The monoisotopic (exact) mass is 482 g/mol. The fourth-order valence-electron chi connectivity index (χ4n) is 2.77. The molecule has 0 aliphatic carbocycles. The third-order valence-electron chi connectivity index (χ3n) is 4.61. The van der Waals surface area contributed by atoms with Gasteiger partial charge in [-0.2, -0.15) is 0 Å². The second kappa shape index (κ2) is 14.2. The van der Waals surface area contributed by atoms with Crippen LogP contribution in [0.25, 0.3) is 0 Å². The maximum absolute atomic E-state index is 12.5. The largest absolute Gasteiger partial charge is 0.480 e. The summed E-state index contributed by atoms with van der Waals surface area (Å²) >= 11 is 0. The SMILES string of the molecule is NC(=O)CCC(N)C(=O)NC(CCC(N)=O)C(=O)NCCC(=O)NC(Cc1cnc[nH]1)C(=O)O. The second-order valence-electron chi connectivity index (χ2n) is 7.46. The zero-order valence-corrected chi connectivity index (χ0v) is 18.4. The summed E-state index contributed by atoms with van der Waals surface area (Å²) in [5.74, 6) is -4.63. The number of aromatic nitrogens is 2. The molecule has 0 bridgehead atoms. The number of carbonyl (C=O) groups is 6. The summed E-state index contributed by atoms with van der Waals surface area (Å²) in [7, 11) is 0. The molecule has 0 spiro atoms. The maximum Gasteiger partial charge on any atom is 0.326 e. The van der Waals surface area contributed by atoms with E-state index in [1.54, 1.807) is 0 Å². The number of carbonyl (C=O) groups excluding carboxylic acids is 5. The van der Waals surface area contributed by atoms with Crippen molar-refractivity contribution in [3.8, 4) is 0 Å². The fraction of sp³-hybridized carbons (Fsp3) is 0.526. The summed E-state index contributed by atoms with van der Waals surface area (Å²) in [5, 5.41) is 16.4. The number of carboxylic acids is 1. The van der Waals surface area contributed by atoms with Crippen molar-refractivity contribution < 1.29 is 33.9 Å². The van der Waals surface area contributed by atoms with E-state index in [1.165, 1.54) is 12.5 Å². The van der Waals surface area contributed by atoms with Crippen molar-refractivity contribution in [1.82, 2.24) is 25.9 Å². The summed E-state index contributed by atoms with van der Waals surface area (Å²) in [6.07, 6.45) is 2.08. The molecule has 1 rings (SSSR count). The second-order valence-corrected chi connectivity index (χ2v) is 7.46. The third-order valence-corrected chi connectivity index (χ3v) is 4.61. The van der Waals surface area contributed by atoms with Crippen LogP contribution in [0.5, 0.6) is 0 Å². The number of aliphatic carboxylic acids is 1. The smallest absolute Gasteiger partial charge is 0.326 e. The Morgan fingerprint density at radius 2 is 1.59 bits per heavy atom. The van der Waals surface area contributed by atoms with Crippen molar-refractivity contribution in [2.75, 3.05) is 6.54 Å². The summed E-state index contributed by atoms with van der Waals surface area (Å²) in [5.41, 5.74) is 16.3. The van der Waals surface area contributed by atoms with Gasteiger partial charge in [0.1, 0.15) is 12.1 Å². The maximum atomic E-state index is 12.5. The molecule has 0 saturated heterocycles. The highest BCUT2D eigenvalue weighted by molar-refractivity contribution is 5.91. The lowest BCUT2D eigenvalue weighted by molar-refractivity contribution is -0.141. The van der Waals surface area contributed by atoms with Crippen molar-refractivity contribution in [2.24, 2.45) is 17.2 Å². The quantitative estimate of drug-likeness (QED) is 0.115. The van der Waals surface area contributed by atoms with Crippen molar-refractivity contribution >= 4 is 35.5 Å². The molecule has 1 heterocycles. The topological polar surface area (TPSA) is 265 Å². The molecule has 0 radical (unpaired) electrons. The number of aromatic amines is 1. The van der Waals surface area contributed by atoms with Crippen LogP contribution in [0.3, 0.4) is 0 Å². The van der Waals surface area contributed by atoms with Gasteiger partial charge in [-0.05, 0) is 12.8 Å². The van der Waals surface area contributed by atoms with Gasteiger partial charge in [0, 0.05) is 44.1 Å². The molecule has 0 aliphatic heterocycles. The predicted molar refractivity (Wildman–Crippen MR) is 116 cm³/mol. The van der Waals surface area contributed by atoms with Gasteiger partial charge in [0.2, 0.25) is 29.5 Å². The van der Waals surface area contributed by atoms with Crippen LogP contribution in [0.2, 0.25) is 0 Å². The van der Waals surface area contributed by atoms with Crippen LogP contribution in [0.4, 0.5) is 0 Å². The molecule has 0 fully saturated rings. The minimum Gasteiger partial charge on any atom is -0.480 e. The number of primary amides is 2. The molecule has 0 aromatic carbocycles. The van der Waals surface area contributed by atoms with E-state index >= 15 is 0 Å². The van der Waals surface area contributed by atoms with Crippen LogP contribution < -0.4 is 33.2 Å². The van der Waals surface area contributed by atoms with Crippen molar-refractivity contribution in [3.05, 3.63) is 18.2 Å². The molecule has 0 saturated carbocycles. The Morgan fingerprint density at radius 3 is 2.15 bits per heavy atom.